The summed E-state index contributed by atoms with van der Waals surface area (Å²) in [4.78, 5) is 10.7. The fourth-order valence-electron chi connectivity index (χ4n) is 1.51. The molecule has 0 fully saturated rings. The van der Waals surface area contributed by atoms with Crippen molar-refractivity contribution in [2.45, 2.75) is 24.8 Å². The lowest BCUT2D eigenvalue weighted by Crippen LogP contribution is -2.43. The second-order valence-corrected chi connectivity index (χ2v) is 5.73. The molecule has 0 bridgehead atoms. The van der Waals surface area contributed by atoms with Gasteiger partial charge in [0.2, 0.25) is 10.0 Å². The van der Waals surface area contributed by atoms with Crippen LogP contribution in [0.1, 0.15) is 11.1 Å². The number of hydrogen-bond acceptors (Lipinski definition) is 4. The SMILES string of the molecule is Cc1cc(C)cc(S(=O)(=O)N[C@@H](CO)C(=O)O)c1. The third-order valence-electron chi connectivity index (χ3n) is 2.28. The average Bonchev–Trinajstić information content (AvgIpc) is 2.24. The molecule has 1 rings (SSSR count). The molecule has 1 aromatic rings. The Kier molecular flexibility index (Phi) is 4.44. The van der Waals surface area contributed by atoms with E-state index in [9.17, 15) is 13.2 Å². The van der Waals surface area contributed by atoms with E-state index in [0.29, 0.717) is 0 Å². The molecule has 0 aliphatic rings. The molecule has 0 aromatic heterocycles. The lowest BCUT2D eigenvalue weighted by molar-refractivity contribution is -0.139. The van der Waals surface area contributed by atoms with Gasteiger partial charge < -0.3 is 10.2 Å². The van der Waals surface area contributed by atoms with Crippen LogP contribution in [0.15, 0.2) is 23.1 Å². The molecule has 0 unspecified atom stereocenters. The van der Waals surface area contributed by atoms with Crippen molar-refractivity contribution in [2.24, 2.45) is 0 Å². The predicted molar refractivity (Wildman–Crippen MR) is 64.7 cm³/mol. The first kappa shape index (κ1) is 14.6. The number of aliphatic carboxylic acids is 1. The maximum Gasteiger partial charge on any atom is 0.324 e. The van der Waals surface area contributed by atoms with Crippen LogP contribution in [0.25, 0.3) is 0 Å². The lowest BCUT2D eigenvalue weighted by atomic mass is 10.2. The van der Waals surface area contributed by atoms with Crippen LogP contribution in [0.5, 0.6) is 0 Å². The first-order valence-electron chi connectivity index (χ1n) is 5.20. The Morgan fingerprint density at radius 1 is 1.28 bits per heavy atom. The van der Waals surface area contributed by atoms with Gasteiger partial charge in [0, 0.05) is 0 Å². The van der Waals surface area contributed by atoms with Gasteiger partial charge in [-0.2, -0.15) is 4.72 Å². The molecule has 6 nitrogen and oxygen atoms in total. The molecule has 0 radical (unpaired) electrons. The Hall–Kier alpha value is -1.44. The Labute approximate surface area is 105 Å². The van der Waals surface area contributed by atoms with Gasteiger partial charge in [0.25, 0.3) is 0 Å². The van der Waals surface area contributed by atoms with E-state index in [0.717, 1.165) is 11.1 Å². The molecule has 0 heterocycles. The summed E-state index contributed by atoms with van der Waals surface area (Å²) in [6, 6.07) is 3.13. The van der Waals surface area contributed by atoms with Crippen molar-refractivity contribution >= 4 is 16.0 Å². The number of benzene rings is 1. The third kappa shape index (κ3) is 3.52. The van der Waals surface area contributed by atoms with Crippen molar-refractivity contribution in [1.29, 1.82) is 0 Å². The van der Waals surface area contributed by atoms with Crippen LogP contribution < -0.4 is 4.72 Å². The normalized spacial score (nSPS) is 13.3. The van der Waals surface area contributed by atoms with Gasteiger partial charge in [-0.1, -0.05) is 6.07 Å². The zero-order valence-electron chi connectivity index (χ0n) is 10.0. The molecular weight excluding hydrogens is 258 g/mol. The number of rotatable bonds is 5. The standard InChI is InChI=1S/C11H15NO5S/c1-7-3-8(2)5-9(4-7)18(16,17)12-10(6-13)11(14)15/h3-5,10,12-13H,6H2,1-2H3,(H,14,15)/t10-/m0/s1. The molecule has 1 atom stereocenters. The summed E-state index contributed by atoms with van der Waals surface area (Å²) in [5.41, 5.74) is 1.51. The highest BCUT2D eigenvalue weighted by atomic mass is 32.2. The van der Waals surface area contributed by atoms with Crippen LogP contribution in [0.3, 0.4) is 0 Å². The fourth-order valence-corrected chi connectivity index (χ4v) is 2.88. The third-order valence-corrected chi connectivity index (χ3v) is 3.73. The minimum Gasteiger partial charge on any atom is -0.480 e. The maximum atomic E-state index is 11.9. The second-order valence-electron chi connectivity index (χ2n) is 4.02. The van der Waals surface area contributed by atoms with E-state index < -0.39 is 28.6 Å². The molecule has 1 aromatic carbocycles. The summed E-state index contributed by atoms with van der Waals surface area (Å²) in [7, 11) is -3.95. The maximum absolute atomic E-state index is 11.9. The quantitative estimate of drug-likeness (QED) is 0.702. The average molecular weight is 273 g/mol. The molecule has 18 heavy (non-hydrogen) atoms. The van der Waals surface area contributed by atoms with Crippen LogP contribution in [0.4, 0.5) is 0 Å². The Morgan fingerprint density at radius 2 is 1.78 bits per heavy atom. The summed E-state index contributed by atoms with van der Waals surface area (Å²) in [5, 5.41) is 17.5. The van der Waals surface area contributed by atoms with Gasteiger partial charge in [-0.05, 0) is 37.1 Å². The molecule has 0 saturated heterocycles. The monoisotopic (exact) mass is 273 g/mol. The number of nitrogens with one attached hydrogen (secondary N) is 1. The minimum atomic E-state index is -3.95. The highest BCUT2D eigenvalue weighted by molar-refractivity contribution is 7.89. The van der Waals surface area contributed by atoms with E-state index in [1.807, 2.05) is 4.72 Å². The fraction of sp³-hybridized carbons (Fsp3) is 0.364. The Balaban J connectivity index is 3.10. The van der Waals surface area contributed by atoms with Crippen LogP contribution in [0, 0.1) is 13.8 Å². The van der Waals surface area contributed by atoms with E-state index in [1.54, 1.807) is 19.9 Å². The van der Waals surface area contributed by atoms with Gasteiger partial charge >= 0.3 is 5.97 Å². The number of aliphatic hydroxyl groups is 1. The zero-order valence-corrected chi connectivity index (χ0v) is 10.9. The smallest absolute Gasteiger partial charge is 0.324 e. The van der Waals surface area contributed by atoms with Crippen molar-refractivity contribution in [3.8, 4) is 0 Å². The second kappa shape index (κ2) is 5.47. The molecular formula is C11H15NO5S. The highest BCUT2D eigenvalue weighted by Gasteiger charge is 2.24. The van der Waals surface area contributed by atoms with Gasteiger partial charge in [-0.3, -0.25) is 4.79 Å². The number of aryl methyl sites for hydroxylation is 2. The summed E-state index contributed by atoms with van der Waals surface area (Å²) >= 11 is 0. The van der Waals surface area contributed by atoms with E-state index >= 15 is 0 Å². The first-order chi connectivity index (χ1) is 8.26. The molecule has 7 heteroatoms. The molecule has 100 valence electrons. The van der Waals surface area contributed by atoms with Gasteiger partial charge in [0.1, 0.15) is 6.04 Å². The predicted octanol–water partition coefficient (Wildman–Crippen LogP) is 0.0272. The number of aliphatic hydroxyl groups excluding tert-OH is 1. The van der Waals surface area contributed by atoms with Crippen LogP contribution in [-0.4, -0.2) is 37.2 Å². The van der Waals surface area contributed by atoms with Crippen molar-refractivity contribution < 1.29 is 23.4 Å². The van der Waals surface area contributed by atoms with E-state index in [4.69, 9.17) is 10.2 Å². The van der Waals surface area contributed by atoms with Crippen molar-refractivity contribution in [2.75, 3.05) is 6.61 Å². The minimum absolute atomic E-state index is 0.0142. The van der Waals surface area contributed by atoms with Crippen LogP contribution in [-0.2, 0) is 14.8 Å². The molecule has 3 N–H and O–H groups in total. The van der Waals surface area contributed by atoms with Crippen molar-refractivity contribution in [1.82, 2.24) is 4.72 Å². The number of carboxylic acids is 1. The van der Waals surface area contributed by atoms with E-state index in [2.05, 4.69) is 0 Å². The lowest BCUT2D eigenvalue weighted by Gasteiger charge is -2.13. The first-order valence-corrected chi connectivity index (χ1v) is 6.69. The van der Waals surface area contributed by atoms with Gasteiger partial charge in [0.15, 0.2) is 0 Å². The highest BCUT2D eigenvalue weighted by Crippen LogP contribution is 2.14. The molecule has 0 spiro atoms. The van der Waals surface area contributed by atoms with E-state index in [-0.39, 0.29) is 4.90 Å². The summed E-state index contributed by atoms with van der Waals surface area (Å²) in [6.45, 7) is 2.68. The molecule has 0 aliphatic carbocycles. The van der Waals surface area contributed by atoms with Gasteiger partial charge in [0.05, 0.1) is 11.5 Å². The Bertz CT molecular complexity index is 532. The van der Waals surface area contributed by atoms with E-state index in [1.165, 1.54) is 12.1 Å². The summed E-state index contributed by atoms with van der Waals surface area (Å²) in [5.74, 6) is -1.43. The topological polar surface area (TPSA) is 104 Å². The van der Waals surface area contributed by atoms with Gasteiger partial charge in [-0.15, -0.1) is 0 Å². The molecule has 0 saturated carbocycles. The molecule has 0 aliphatic heterocycles. The zero-order chi connectivity index (χ0) is 13.9. The van der Waals surface area contributed by atoms with Gasteiger partial charge in [-0.25, -0.2) is 8.42 Å². The summed E-state index contributed by atoms with van der Waals surface area (Å²) in [6.07, 6.45) is 0. The summed E-state index contributed by atoms with van der Waals surface area (Å²) < 4.78 is 25.8. The largest absolute Gasteiger partial charge is 0.480 e. The van der Waals surface area contributed by atoms with Crippen molar-refractivity contribution in [3.63, 3.8) is 0 Å². The van der Waals surface area contributed by atoms with Crippen LogP contribution in [0.2, 0.25) is 0 Å². The number of carboxylic acid groups (broad SMARTS) is 1. The number of hydrogen-bond donors (Lipinski definition) is 3. The number of sulfonamides is 1. The number of carbonyl (C=O) groups is 1. The van der Waals surface area contributed by atoms with Crippen LogP contribution >= 0.6 is 0 Å². The molecule has 0 amide bonds. The van der Waals surface area contributed by atoms with Crippen molar-refractivity contribution in [3.05, 3.63) is 29.3 Å². The Morgan fingerprint density at radius 3 is 2.17 bits per heavy atom.